The van der Waals surface area contributed by atoms with Crippen LogP contribution in [-0.4, -0.2) is 74.8 Å². The molecule has 7 rings (SSSR count). The van der Waals surface area contributed by atoms with Crippen LogP contribution >= 0.6 is 23.2 Å². The van der Waals surface area contributed by atoms with Crippen LogP contribution in [0.5, 0.6) is 5.75 Å². The number of aromatic nitrogens is 6. The van der Waals surface area contributed by atoms with E-state index in [1.807, 2.05) is 50.2 Å². The van der Waals surface area contributed by atoms with Crippen molar-refractivity contribution in [1.82, 2.24) is 29.3 Å². The Morgan fingerprint density at radius 1 is 0.980 bits per heavy atom. The molecule has 0 spiro atoms. The minimum Gasteiger partial charge on any atom is -0.491 e. The van der Waals surface area contributed by atoms with Gasteiger partial charge in [-0.1, -0.05) is 36.2 Å². The first-order valence-electron chi connectivity index (χ1n) is 16.8. The summed E-state index contributed by atoms with van der Waals surface area (Å²) < 4.78 is 21.9. The lowest BCUT2D eigenvalue weighted by Gasteiger charge is -2.37. The molecule has 13 nitrogen and oxygen atoms in total. The van der Waals surface area contributed by atoms with Crippen LogP contribution in [0.2, 0.25) is 10.0 Å². The molecule has 2 fully saturated rings. The van der Waals surface area contributed by atoms with Crippen LogP contribution in [-0.2, 0) is 21.8 Å². The minimum absolute atomic E-state index is 0.0426. The highest BCUT2D eigenvalue weighted by Crippen LogP contribution is 2.40. The Morgan fingerprint density at radius 3 is 2.41 bits per heavy atom. The van der Waals surface area contributed by atoms with Gasteiger partial charge in [-0.2, -0.15) is 25.4 Å². The second-order valence-electron chi connectivity index (χ2n) is 12.6. The molecule has 3 aromatic carbocycles. The molecule has 51 heavy (non-hydrogen) atoms. The maximum atomic E-state index is 12.8. The quantitative estimate of drug-likeness (QED) is 0.173. The number of nitrogens with zero attached hydrogens (tertiary/aromatic N) is 9. The Bertz CT molecular complexity index is 2070. The first-order valence-corrected chi connectivity index (χ1v) is 17.6. The standard InChI is InChI=1S/C36H37Cl2N9O4/c1-3-25(2)47-35(48)45(24-42-47)29-7-5-28(6-8-29)43-14-16-44(17-15-43)34-11-9-30(18-26(34)20-39)49-21-31-22-50-36(51-31,23-46-40-12-13-41-46)32-10-4-27(37)19-33(32)38/h4-13,18-19,24-25,31H,3,14-17,21-23H2,1-2H3/t25?,31-,36-/m1/s1. The number of piperazine rings is 1. The molecule has 1 unspecified atom stereocenters. The molecule has 4 heterocycles. The van der Waals surface area contributed by atoms with Crippen LogP contribution in [0.1, 0.15) is 37.4 Å². The third-order valence-corrected chi connectivity index (χ3v) is 9.90. The van der Waals surface area contributed by atoms with Gasteiger partial charge in [-0.05, 0) is 67.9 Å². The van der Waals surface area contributed by atoms with Crippen molar-refractivity contribution in [3.63, 3.8) is 0 Å². The van der Waals surface area contributed by atoms with Gasteiger partial charge >= 0.3 is 5.69 Å². The fourth-order valence-electron chi connectivity index (χ4n) is 6.42. The molecular formula is C36H37Cl2N9O4. The summed E-state index contributed by atoms with van der Waals surface area (Å²) in [6, 6.07) is 21.1. The number of rotatable bonds is 11. The monoisotopic (exact) mass is 729 g/mol. The van der Waals surface area contributed by atoms with Crippen molar-refractivity contribution in [1.29, 1.82) is 5.26 Å². The van der Waals surface area contributed by atoms with Gasteiger partial charge in [0.1, 0.15) is 37.4 Å². The van der Waals surface area contributed by atoms with Crippen LogP contribution in [0, 0.1) is 11.3 Å². The van der Waals surface area contributed by atoms with E-state index >= 15 is 0 Å². The predicted octanol–water partition coefficient (Wildman–Crippen LogP) is 5.45. The van der Waals surface area contributed by atoms with E-state index in [9.17, 15) is 10.1 Å². The molecule has 2 saturated heterocycles. The van der Waals surface area contributed by atoms with Crippen molar-refractivity contribution in [2.45, 2.75) is 44.7 Å². The van der Waals surface area contributed by atoms with Crippen molar-refractivity contribution < 1.29 is 14.2 Å². The summed E-state index contributed by atoms with van der Waals surface area (Å²) in [5, 5.41) is 23.7. The highest BCUT2D eigenvalue weighted by atomic mass is 35.5. The van der Waals surface area contributed by atoms with Crippen molar-refractivity contribution in [2.24, 2.45) is 0 Å². The first kappa shape index (κ1) is 34.6. The summed E-state index contributed by atoms with van der Waals surface area (Å²) in [4.78, 5) is 18.8. The molecule has 0 bridgehead atoms. The average Bonchev–Trinajstić information content (AvgIpc) is 3.91. The number of hydrogen-bond acceptors (Lipinski definition) is 10. The lowest BCUT2D eigenvalue weighted by molar-refractivity contribution is -0.192. The van der Waals surface area contributed by atoms with Crippen LogP contribution in [0.4, 0.5) is 11.4 Å². The molecule has 264 valence electrons. The number of hydrogen-bond donors (Lipinski definition) is 0. The fraction of sp³-hybridized carbons (Fsp3) is 0.361. The zero-order chi connectivity index (χ0) is 35.5. The molecule has 5 aromatic rings. The van der Waals surface area contributed by atoms with Gasteiger partial charge in [-0.25, -0.2) is 14.0 Å². The van der Waals surface area contributed by atoms with E-state index in [1.165, 1.54) is 9.48 Å². The molecule has 2 aliphatic heterocycles. The largest absolute Gasteiger partial charge is 0.491 e. The molecule has 0 saturated carbocycles. The van der Waals surface area contributed by atoms with Gasteiger partial charge in [0.15, 0.2) is 0 Å². The van der Waals surface area contributed by atoms with Crippen molar-refractivity contribution in [3.05, 3.63) is 111 Å². The van der Waals surface area contributed by atoms with Gasteiger partial charge in [0, 0.05) is 42.5 Å². The summed E-state index contributed by atoms with van der Waals surface area (Å²) in [7, 11) is 0. The summed E-state index contributed by atoms with van der Waals surface area (Å²) >= 11 is 12.7. The van der Waals surface area contributed by atoms with Gasteiger partial charge in [0.2, 0.25) is 5.79 Å². The first-order chi connectivity index (χ1) is 24.8. The second-order valence-corrected chi connectivity index (χ2v) is 13.4. The van der Waals surface area contributed by atoms with E-state index in [-0.39, 0.29) is 31.5 Å². The highest BCUT2D eigenvalue weighted by molar-refractivity contribution is 6.35. The molecular weight excluding hydrogens is 693 g/mol. The molecule has 2 aromatic heterocycles. The Kier molecular flexibility index (Phi) is 10.0. The third kappa shape index (κ3) is 7.18. The molecule has 0 aliphatic carbocycles. The lowest BCUT2D eigenvalue weighted by Crippen LogP contribution is -2.46. The Labute approximate surface area is 305 Å². The van der Waals surface area contributed by atoms with E-state index < -0.39 is 11.9 Å². The minimum atomic E-state index is -1.24. The third-order valence-electron chi connectivity index (χ3n) is 9.36. The van der Waals surface area contributed by atoms with E-state index in [0.717, 1.165) is 49.7 Å². The number of anilines is 2. The van der Waals surface area contributed by atoms with E-state index in [2.05, 4.69) is 31.2 Å². The Morgan fingerprint density at radius 2 is 1.71 bits per heavy atom. The number of ether oxygens (including phenoxy) is 3. The molecule has 0 radical (unpaired) electrons. The number of halogens is 2. The number of benzene rings is 3. The lowest BCUT2D eigenvalue weighted by atomic mass is 10.1. The van der Waals surface area contributed by atoms with Crippen LogP contribution in [0.25, 0.3) is 5.69 Å². The molecule has 3 atom stereocenters. The van der Waals surface area contributed by atoms with Gasteiger partial charge in [-0.3, -0.25) is 0 Å². The average molecular weight is 731 g/mol. The van der Waals surface area contributed by atoms with Crippen molar-refractivity contribution >= 4 is 34.6 Å². The van der Waals surface area contributed by atoms with Crippen LogP contribution < -0.4 is 20.2 Å². The maximum absolute atomic E-state index is 12.8. The molecule has 0 N–H and O–H groups in total. The summed E-state index contributed by atoms with van der Waals surface area (Å²) in [6.07, 6.45) is 5.15. The number of nitriles is 1. The van der Waals surface area contributed by atoms with Gasteiger partial charge in [0.25, 0.3) is 0 Å². The second kappa shape index (κ2) is 14.8. The predicted molar refractivity (Wildman–Crippen MR) is 193 cm³/mol. The van der Waals surface area contributed by atoms with E-state index in [1.54, 1.807) is 47.6 Å². The Hall–Kier alpha value is -4.87. The summed E-state index contributed by atoms with van der Waals surface area (Å²) in [6.45, 7) is 7.68. The fourth-order valence-corrected chi connectivity index (χ4v) is 6.98. The van der Waals surface area contributed by atoms with Gasteiger partial charge in [-0.15, -0.1) is 0 Å². The molecule has 0 amide bonds. The van der Waals surface area contributed by atoms with E-state index in [0.29, 0.717) is 26.9 Å². The van der Waals surface area contributed by atoms with Gasteiger partial charge in [0.05, 0.1) is 47.0 Å². The molecule has 2 aliphatic rings. The van der Waals surface area contributed by atoms with Crippen LogP contribution in [0.3, 0.4) is 0 Å². The maximum Gasteiger partial charge on any atom is 0.350 e. The van der Waals surface area contributed by atoms with Crippen molar-refractivity contribution in [2.75, 3.05) is 49.2 Å². The SMILES string of the molecule is CCC(C)n1ncn(-c2ccc(N3CCN(c4ccc(OC[C@@H]5CO[C@@](Cn6nccn6)(c6ccc(Cl)cc6Cl)O5)cc4C#N)CC3)cc2)c1=O. The smallest absolute Gasteiger partial charge is 0.350 e. The summed E-state index contributed by atoms with van der Waals surface area (Å²) in [5.41, 5.74) is 3.72. The van der Waals surface area contributed by atoms with Crippen LogP contribution in [0.15, 0.2) is 84.2 Å². The van der Waals surface area contributed by atoms with E-state index in [4.69, 9.17) is 37.4 Å². The highest BCUT2D eigenvalue weighted by Gasteiger charge is 2.46. The zero-order valence-corrected chi connectivity index (χ0v) is 29.7. The van der Waals surface area contributed by atoms with Crippen molar-refractivity contribution in [3.8, 4) is 17.5 Å². The molecule has 15 heteroatoms. The van der Waals surface area contributed by atoms with Gasteiger partial charge < -0.3 is 24.0 Å². The topological polar surface area (TPSA) is 128 Å². The summed E-state index contributed by atoms with van der Waals surface area (Å²) in [5.74, 6) is -0.681. The zero-order valence-electron chi connectivity index (χ0n) is 28.2. The normalized spacial score (nSPS) is 19.6. The Balaban J connectivity index is 0.967.